The molecule has 0 aliphatic heterocycles. The minimum absolute atomic E-state index is 0.0139. The van der Waals surface area contributed by atoms with E-state index in [1.165, 1.54) is 7.11 Å². The number of aromatic nitrogens is 2. The zero-order valence-electron chi connectivity index (χ0n) is 10.8. The summed E-state index contributed by atoms with van der Waals surface area (Å²) in [6.45, 7) is 1.55. The number of rotatable bonds is 6. The number of carbonyl (C=O) groups is 1. The highest BCUT2D eigenvalue weighted by Crippen LogP contribution is 2.07. The van der Waals surface area contributed by atoms with Crippen LogP contribution >= 0.6 is 0 Å². The van der Waals surface area contributed by atoms with Crippen LogP contribution in [0.3, 0.4) is 0 Å². The normalized spacial score (nSPS) is 13.3. The van der Waals surface area contributed by atoms with Crippen molar-refractivity contribution in [2.24, 2.45) is 13.0 Å². The van der Waals surface area contributed by atoms with Gasteiger partial charge in [-0.1, -0.05) is 6.92 Å². The van der Waals surface area contributed by atoms with E-state index in [0.29, 0.717) is 6.42 Å². The van der Waals surface area contributed by atoms with Crippen molar-refractivity contribution in [3.05, 3.63) is 18.0 Å². The van der Waals surface area contributed by atoms with Crippen LogP contribution in [0.1, 0.15) is 12.5 Å². The van der Waals surface area contributed by atoms with Gasteiger partial charge in [-0.2, -0.15) is 5.10 Å². The van der Waals surface area contributed by atoms with Crippen LogP contribution in [0.25, 0.3) is 0 Å². The Balaban J connectivity index is 2.52. The summed E-state index contributed by atoms with van der Waals surface area (Å²) in [6, 6.07) is 0. The number of aryl methyl sites for hydroxylation is 2. The largest absolute Gasteiger partial charge is 0.469 e. The number of hydrogen-bond acceptors (Lipinski definition) is 5. The zero-order valence-corrected chi connectivity index (χ0v) is 11.6. The summed E-state index contributed by atoms with van der Waals surface area (Å²) >= 11 is 0. The standard InChI is InChI=1S/C11H18N2O4S/c1-9(11(14)17-3)8-18(15,16)5-4-10-6-12-13(2)7-10/h6-7,9H,4-5,8H2,1-3H3. The molecule has 1 aromatic heterocycles. The fourth-order valence-corrected chi connectivity index (χ4v) is 3.22. The lowest BCUT2D eigenvalue weighted by Gasteiger charge is -2.09. The van der Waals surface area contributed by atoms with Gasteiger partial charge in [0, 0.05) is 13.2 Å². The van der Waals surface area contributed by atoms with Crippen LogP contribution in [-0.4, -0.2) is 42.8 Å². The van der Waals surface area contributed by atoms with Crippen LogP contribution in [0, 0.1) is 5.92 Å². The van der Waals surface area contributed by atoms with Gasteiger partial charge in [-0.05, 0) is 12.0 Å². The number of sulfone groups is 1. The van der Waals surface area contributed by atoms with Gasteiger partial charge in [0.15, 0.2) is 9.84 Å². The molecule has 0 saturated carbocycles. The summed E-state index contributed by atoms with van der Waals surface area (Å²) in [5.41, 5.74) is 0.867. The maximum absolute atomic E-state index is 11.8. The van der Waals surface area contributed by atoms with Crippen molar-refractivity contribution >= 4 is 15.8 Å². The zero-order chi connectivity index (χ0) is 13.8. The van der Waals surface area contributed by atoms with E-state index >= 15 is 0 Å². The molecule has 0 bridgehead atoms. The van der Waals surface area contributed by atoms with E-state index in [1.807, 2.05) is 0 Å². The van der Waals surface area contributed by atoms with Crippen LogP contribution in [0.5, 0.6) is 0 Å². The molecule has 0 aliphatic rings. The van der Waals surface area contributed by atoms with Gasteiger partial charge >= 0.3 is 5.97 Å². The summed E-state index contributed by atoms with van der Waals surface area (Å²) < 4.78 is 29.7. The highest BCUT2D eigenvalue weighted by molar-refractivity contribution is 7.91. The average molecular weight is 274 g/mol. The molecular weight excluding hydrogens is 256 g/mol. The summed E-state index contributed by atoms with van der Waals surface area (Å²) in [4.78, 5) is 11.2. The van der Waals surface area contributed by atoms with E-state index in [1.54, 1.807) is 31.0 Å². The van der Waals surface area contributed by atoms with E-state index in [2.05, 4.69) is 9.84 Å². The van der Waals surface area contributed by atoms with Crippen LogP contribution < -0.4 is 0 Å². The van der Waals surface area contributed by atoms with Gasteiger partial charge in [0.25, 0.3) is 0 Å². The minimum atomic E-state index is -3.26. The third-order valence-electron chi connectivity index (χ3n) is 2.57. The molecule has 0 amide bonds. The molecule has 6 nitrogen and oxygen atoms in total. The fraction of sp³-hybridized carbons (Fsp3) is 0.636. The summed E-state index contributed by atoms with van der Waals surface area (Å²) in [5, 5.41) is 3.97. The van der Waals surface area contributed by atoms with Crippen molar-refractivity contribution in [1.29, 1.82) is 0 Å². The second-order valence-electron chi connectivity index (χ2n) is 4.31. The number of methoxy groups -OCH3 is 1. The number of ether oxygens (including phenoxy) is 1. The third kappa shape index (κ3) is 4.48. The number of hydrogen-bond donors (Lipinski definition) is 0. The first-order valence-electron chi connectivity index (χ1n) is 5.60. The maximum atomic E-state index is 11.8. The first-order valence-corrected chi connectivity index (χ1v) is 7.42. The van der Waals surface area contributed by atoms with Gasteiger partial charge in [-0.25, -0.2) is 8.42 Å². The van der Waals surface area contributed by atoms with Gasteiger partial charge in [0.2, 0.25) is 0 Å². The Kier molecular flexibility index (Phi) is 4.89. The van der Waals surface area contributed by atoms with Gasteiger partial charge < -0.3 is 4.74 Å². The lowest BCUT2D eigenvalue weighted by atomic mass is 10.2. The first kappa shape index (κ1) is 14.7. The molecule has 1 heterocycles. The lowest BCUT2D eigenvalue weighted by Crippen LogP contribution is -2.24. The molecule has 1 atom stereocenters. The monoisotopic (exact) mass is 274 g/mol. The van der Waals surface area contributed by atoms with E-state index < -0.39 is 21.7 Å². The van der Waals surface area contributed by atoms with Crippen LogP contribution in [0.2, 0.25) is 0 Å². The van der Waals surface area contributed by atoms with Crippen molar-refractivity contribution in [2.75, 3.05) is 18.6 Å². The Bertz CT molecular complexity index is 507. The molecule has 1 aromatic rings. The van der Waals surface area contributed by atoms with Crippen molar-refractivity contribution in [3.63, 3.8) is 0 Å². The number of esters is 1. The van der Waals surface area contributed by atoms with Crippen LogP contribution in [0.15, 0.2) is 12.4 Å². The summed E-state index contributed by atoms with van der Waals surface area (Å²) in [7, 11) is -0.237. The van der Waals surface area contributed by atoms with E-state index in [9.17, 15) is 13.2 Å². The van der Waals surface area contributed by atoms with E-state index in [4.69, 9.17) is 0 Å². The van der Waals surface area contributed by atoms with Crippen molar-refractivity contribution in [1.82, 2.24) is 9.78 Å². The molecular formula is C11H18N2O4S. The van der Waals surface area contributed by atoms with Crippen LogP contribution in [0.4, 0.5) is 0 Å². The highest BCUT2D eigenvalue weighted by atomic mass is 32.2. The number of carbonyl (C=O) groups excluding carboxylic acids is 1. The molecule has 0 radical (unpaired) electrons. The lowest BCUT2D eigenvalue weighted by molar-refractivity contribution is -0.144. The van der Waals surface area contributed by atoms with Gasteiger partial charge in [0.1, 0.15) is 0 Å². The smallest absolute Gasteiger partial charge is 0.309 e. The van der Waals surface area contributed by atoms with E-state index in [-0.39, 0.29) is 11.5 Å². The van der Waals surface area contributed by atoms with Gasteiger partial charge in [-0.3, -0.25) is 9.48 Å². The van der Waals surface area contributed by atoms with Crippen molar-refractivity contribution in [3.8, 4) is 0 Å². The fourth-order valence-electron chi connectivity index (χ4n) is 1.61. The maximum Gasteiger partial charge on any atom is 0.309 e. The molecule has 1 unspecified atom stereocenters. The second kappa shape index (κ2) is 5.99. The predicted octanol–water partition coefficient (Wildman–Crippen LogP) is 0.187. The van der Waals surface area contributed by atoms with Crippen molar-refractivity contribution in [2.45, 2.75) is 13.3 Å². The minimum Gasteiger partial charge on any atom is -0.469 e. The van der Waals surface area contributed by atoms with Crippen molar-refractivity contribution < 1.29 is 17.9 Å². The molecule has 18 heavy (non-hydrogen) atoms. The predicted molar refractivity (Wildman–Crippen MR) is 66.7 cm³/mol. The summed E-state index contributed by atoms with van der Waals surface area (Å²) in [6.07, 6.45) is 3.82. The number of nitrogens with zero attached hydrogens (tertiary/aromatic N) is 2. The molecule has 0 fully saturated rings. The molecule has 0 N–H and O–H groups in total. The Morgan fingerprint density at radius 2 is 2.22 bits per heavy atom. The molecule has 102 valence electrons. The molecule has 0 spiro atoms. The Labute approximate surface area is 107 Å². The highest BCUT2D eigenvalue weighted by Gasteiger charge is 2.22. The van der Waals surface area contributed by atoms with Gasteiger partial charge in [0.05, 0.1) is 30.7 Å². The quantitative estimate of drug-likeness (QED) is 0.692. The van der Waals surface area contributed by atoms with E-state index in [0.717, 1.165) is 5.56 Å². The summed E-state index contributed by atoms with van der Waals surface area (Å²) in [5.74, 6) is -1.30. The molecule has 0 saturated heterocycles. The van der Waals surface area contributed by atoms with Crippen LogP contribution in [-0.2, 0) is 32.8 Å². The Morgan fingerprint density at radius 1 is 1.56 bits per heavy atom. The molecule has 0 aromatic carbocycles. The SMILES string of the molecule is COC(=O)C(C)CS(=O)(=O)CCc1cnn(C)c1. The average Bonchev–Trinajstić information content (AvgIpc) is 2.71. The second-order valence-corrected chi connectivity index (χ2v) is 6.54. The topological polar surface area (TPSA) is 78.3 Å². The molecule has 7 heteroatoms. The third-order valence-corrected chi connectivity index (χ3v) is 4.40. The Morgan fingerprint density at radius 3 is 2.72 bits per heavy atom. The molecule has 1 rings (SSSR count). The first-order chi connectivity index (χ1) is 8.34. The Hall–Kier alpha value is -1.37. The van der Waals surface area contributed by atoms with Gasteiger partial charge in [-0.15, -0.1) is 0 Å². The molecule has 0 aliphatic carbocycles.